The number of thiol groups is 1. The molecule has 116 valence electrons. The van der Waals surface area contributed by atoms with Gasteiger partial charge in [-0.05, 0) is 25.6 Å². The van der Waals surface area contributed by atoms with Gasteiger partial charge < -0.3 is 20.9 Å². The number of benzene rings is 1. The first-order valence-electron chi connectivity index (χ1n) is 6.36. The van der Waals surface area contributed by atoms with Crippen LogP contribution in [0.3, 0.4) is 0 Å². The lowest BCUT2D eigenvalue weighted by Crippen LogP contribution is -2.25. The number of aliphatic hydroxyl groups excluding tert-OH is 2. The number of nitrogens with two attached hydrogens (primary N) is 1. The van der Waals surface area contributed by atoms with E-state index in [2.05, 4.69) is 17.8 Å². The quantitative estimate of drug-likeness (QED) is 0.426. The molecule has 1 amide bonds. The molecule has 0 aliphatic heterocycles. The molecule has 0 spiro atoms. The Labute approximate surface area is 129 Å². The number of primary amides is 1. The predicted molar refractivity (Wildman–Crippen MR) is 86.2 cm³/mol. The van der Waals surface area contributed by atoms with E-state index in [1.807, 2.05) is 13.0 Å². The second-order valence-corrected chi connectivity index (χ2v) is 5.21. The van der Waals surface area contributed by atoms with Gasteiger partial charge in [0.1, 0.15) is 6.23 Å². The maximum Gasteiger partial charge on any atom is 0.250 e. The molecule has 5 N–H and O–H groups in total. The molecule has 1 aromatic heterocycles. The Morgan fingerprint density at radius 1 is 1.48 bits per heavy atom. The number of likely N-dealkylation sites (N-methyl/N-ethyl adjacent to an activating group) is 1. The summed E-state index contributed by atoms with van der Waals surface area (Å²) in [5.74, 6) is -0.467. The first-order valence-corrected chi connectivity index (χ1v) is 6.76. The highest BCUT2D eigenvalue weighted by Crippen LogP contribution is 2.26. The molecule has 1 atom stereocenters. The van der Waals surface area contributed by atoms with E-state index in [-0.39, 0.29) is 0 Å². The van der Waals surface area contributed by atoms with Crippen molar-refractivity contribution in [2.24, 2.45) is 5.73 Å². The van der Waals surface area contributed by atoms with Crippen LogP contribution in [0.4, 0.5) is 0 Å². The molecule has 0 fully saturated rings. The lowest BCUT2D eigenvalue weighted by Gasteiger charge is -2.17. The zero-order chi connectivity index (χ0) is 16.2. The van der Waals surface area contributed by atoms with E-state index in [0.29, 0.717) is 12.0 Å². The highest BCUT2D eigenvalue weighted by atomic mass is 32.1. The molecule has 0 aliphatic rings. The fourth-order valence-corrected chi connectivity index (χ4v) is 2.27. The Morgan fingerprint density at radius 3 is 2.62 bits per heavy atom. The summed E-state index contributed by atoms with van der Waals surface area (Å²) in [6.45, 7) is 1.91. The number of amides is 1. The third-order valence-corrected chi connectivity index (χ3v) is 3.50. The van der Waals surface area contributed by atoms with Crippen LogP contribution < -0.4 is 5.73 Å². The third-order valence-electron chi connectivity index (χ3n) is 3.24. The highest BCUT2D eigenvalue weighted by molar-refractivity contribution is 7.77. The van der Waals surface area contributed by atoms with E-state index in [9.17, 15) is 9.90 Å². The normalized spacial score (nSPS) is 12.1. The smallest absolute Gasteiger partial charge is 0.250 e. The standard InChI is InChI=1S/C13H17N3O2S.CH4O/c1-7-10(6-11(17)16(2)19)8-4-3-5-9(13(14)18)12(8)15-7;1-2/h3-5,11,15,17,19H,6H2,1-2H3,(H2,14,18);2H,1H3. The minimum Gasteiger partial charge on any atom is -0.400 e. The van der Waals surface area contributed by atoms with Crippen LogP contribution >= 0.6 is 12.8 Å². The van der Waals surface area contributed by atoms with Gasteiger partial charge in [0.2, 0.25) is 0 Å². The number of hydrogen-bond acceptors (Lipinski definition) is 5. The van der Waals surface area contributed by atoms with Crippen molar-refractivity contribution in [3.05, 3.63) is 35.0 Å². The minimum atomic E-state index is -0.696. The number of aliphatic hydroxyl groups is 2. The number of aryl methyl sites for hydroxylation is 1. The van der Waals surface area contributed by atoms with Crippen LogP contribution in [0.5, 0.6) is 0 Å². The van der Waals surface area contributed by atoms with Gasteiger partial charge in [0.25, 0.3) is 5.91 Å². The van der Waals surface area contributed by atoms with Gasteiger partial charge in [-0.25, -0.2) is 4.31 Å². The van der Waals surface area contributed by atoms with E-state index in [4.69, 9.17) is 10.8 Å². The van der Waals surface area contributed by atoms with Crippen LogP contribution in [0.1, 0.15) is 21.6 Å². The van der Waals surface area contributed by atoms with Crippen LogP contribution in [0.15, 0.2) is 18.2 Å². The van der Waals surface area contributed by atoms with Crippen molar-refractivity contribution in [1.29, 1.82) is 0 Å². The van der Waals surface area contributed by atoms with Crippen LogP contribution in [-0.4, -0.2) is 45.8 Å². The zero-order valence-corrected chi connectivity index (χ0v) is 13.2. The summed E-state index contributed by atoms with van der Waals surface area (Å²) in [5, 5.41) is 17.8. The molecule has 21 heavy (non-hydrogen) atoms. The predicted octanol–water partition coefficient (Wildman–Crippen LogP) is 0.821. The summed E-state index contributed by atoms with van der Waals surface area (Å²) < 4.78 is 1.44. The molecular formula is C14H21N3O3S. The number of hydrogen-bond donors (Lipinski definition) is 5. The number of fused-ring (bicyclic) bond motifs is 1. The number of aromatic nitrogens is 1. The average molecular weight is 311 g/mol. The van der Waals surface area contributed by atoms with E-state index in [0.717, 1.165) is 29.3 Å². The number of nitrogens with one attached hydrogen (secondary N) is 1. The van der Waals surface area contributed by atoms with Crippen molar-refractivity contribution in [3.63, 3.8) is 0 Å². The molecule has 0 saturated heterocycles. The molecule has 0 bridgehead atoms. The summed E-state index contributed by atoms with van der Waals surface area (Å²) in [4.78, 5) is 14.6. The molecule has 1 unspecified atom stereocenters. The number of nitrogens with zero attached hydrogens (tertiary/aromatic N) is 1. The van der Waals surface area contributed by atoms with Crippen molar-refractivity contribution in [2.75, 3.05) is 14.2 Å². The maximum absolute atomic E-state index is 11.4. The number of aromatic amines is 1. The Morgan fingerprint density at radius 2 is 2.10 bits per heavy atom. The first kappa shape index (κ1) is 17.5. The molecular weight excluding hydrogens is 290 g/mol. The number of para-hydroxylation sites is 1. The molecule has 1 heterocycles. The molecule has 2 rings (SSSR count). The molecule has 0 saturated carbocycles. The van der Waals surface area contributed by atoms with E-state index >= 15 is 0 Å². The number of carbonyl (C=O) groups is 1. The van der Waals surface area contributed by atoms with Crippen LogP contribution in [0.2, 0.25) is 0 Å². The van der Waals surface area contributed by atoms with Gasteiger partial charge in [0.15, 0.2) is 0 Å². The Bertz CT molecular complexity index is 625. The summed E-state index contributed by atoms with van der Waals surface area (Å²) >= 11 is 4.08. The zero-order valence-electron chi connectivity index (χ0n) is 12.3. The Hall–Kier alpha value is -1.54. The van der Waals surface area contributed by atoms with Gasteiger partial charge in [-0.1, -0.05) is 24.9 Å². The van der Waals surface area contributed by atoms with Gasteiger partial charge in [0, 0.05) is 24.6 Å². The largest absolute Gasteiger partial charge is 0.400 e. The molecule has 0 radical (unpaired) electrons. The summed E-state index contributed by atoms with van der Waals surface area (Å²) in [6, 6.07) is 5.38. The van der Waals surface area contributed by atoms with Crippen LogP contribution in [0.25, 0.3) is 10.9 Å². The fraction of sp³-hybridized carbons (Fsp3) is 0.357. The average Bonchev–Trinajstić information content (AvgIpc) is 2.77. The van der Waals surface area contributed by atoms with Crippen LogP contribution in [0, 0.1) is 6.92 Å². The van der Waals surface area contributed by atoms with Crippen molar-refractivity contribution in [1.82, 2.24) is 9.29 Å². The molecule has 0 aliphatic carbocycles. The highest BCUT2D eigenvalue weighted by Gasteiger charge is 2.17. The molecule has 7 heteroatoms. The van der Waals surface area contributed by atoms with Crippen molar-refractivity contribution in [3.8, 4) is 0 Å². The Balaban J connectivity index is 0.00000106. The second kappa shape index (κ2) is 7.46. The summed E-state index contributed by atoms with van der Waals surface area (Å²) in [7, 11) is 2.69. The van der Waals surface area contributed by atoms with Crippen molar-refractivity contribution < 1.29 is 15.0 Å². The second-order valence-electron chi connectivity index (χ2n) is 4.58. The van der Waals surface area contributed by atoms with Gasteiger partial charge in [0.05, 0.1) is 11.1 Å². The Kier molecular flexibility index (Phi) is 6.22. The van der Waals surface area contributed by atoms with E-state index in [1.54, 1.807) is 19.2 Å². The minimum absolute atomic E-state index is 0.425. The number of H-pyrrole nitrogens is 1. The van der Waals surface area contributed by atoms with E-state index < -0.39 is 12.1 Å². The fourth-order valence-electron chi connectivity index (χ4n) is 2.19. The summed E-state index contributed by atoms with van der Waals surface area (Å²) in [5.41, 5.74) is 8.42. The van der Waals surface area contributed by atoms with Crippen molar-refractivity contribution in [2.45, 2.75) is 19.6 Å². The number of carbonyl (C=O) groups excluding carboxylic acids is 1. The third kappa shape index (κ3) is 3.76. The SMILES string of the molecule is CO.Cc1[nH]c2c(C(N)=O)cccc2c1CC(O)N(C)S. The molecule has 2 aromatic rings. The van der Waals surface area contributed by atoms with Gasteiger partial charge in [-0.2, -0.15) is 0 Å². The summed E-state index contributed by atoms with van der Waals surface area (Å²) in [6.07, 6.45) is -0.271. The number of rotatable bonds is 4. The lowest BCUT2D eigenvalue weighted by molar-refractivity contribution is 0.0877. The monoisotopic (exact) mass is 311 g/mol. The van der Waals surface area contributed by atoms with Gasteiger partial charge in [-0.15, -0.1) is 0 Å². The van der Waals surface area contributed by atoms with Crippen molar-refractivity contribution >= 4 is 29.6 Å². The molecule has 1 aromatic carbocycles. The van der Waals surface area contributed by atoms with Crippen LogP contribution in [-0.2, 0) is 6.42 Å². The lowest BCUT2D eigenvalue weighted by atomic mass is 10.0. The van der Waals surface area contributed by atoms with Gasteiger partial charge in [-0.3, -0.25) is 4.79 Å². The van der Waals surface area contributed by atoms with E-state index in [1.165, 1.54) is 4.31 Å². The topological polar surface area (TPSA) is 103 Å². The first-order chi connectivity index (χ1) is 9.91. The molecule has 6 nitrogen and oxygen atoms in total. The van der Waals surface area contributed by atoms with Gasteiger partial charge >= 0.3 is 0 Å². The maximum atomic E-state index is 11.4.